The van der Waals surface area contributed by atoms with Crippen LogP contribution in [0.25, 0.3) is 10.9 Å². The molecule has 2 heteroatoms. The van der Waals surface area contributed by atoms with E-state index in [4.69, 9.17) is 0 Å². The zero-order valence-electron chi connectivity index (χ0n) is 13.5. The lowest BCUT2D eigenvalue weighted by molar-refractivity contribution is 0.139. The minimum Gasteiger partial charge on any atom is -0.388 e. The molecule has 2 atom stereocenters. The normalized spacial score (nSPS) is 14.3. The average molecular weight is 285 g/mol. The van der Waals surface area contributed by atoms with Gasteiger partial charge in [-0.3, -0.25) is 4.98 Å². The number of fused-ring (bicyclic) bond motifs is 1. The summed E-state index contributed by atoms with van der Waals surface area (Å²) < 4.78 is 0. The number of aromatic nitrogens is 1. The Balaban J connectivity index is 2.11. The minimum atomic E-state index is -0.363. The van der Waals surface area contributed by atoms with E-state index in [1.165, 1.54) is 19.3 Å². The second-order valence-corrected chi connectivity index (χ2v) is 6.07. The lowest BCUT2D eigenvalue weighted by Crippen LogP contribution is -2.07. The van der Waals surface area contributed by atoms with Crippen LogP contribution in [0.2, 0.25) is 0 Å². The molecule has 0 aliphatic carbocycles. The highest BCUT2D eigenvalue weighted by molar-refractivity contribution is 5.79. The lowest BCUT2D eigenvalue weighted by atomic mass is 9.90. The summed E-state index contributed by atoms with van der Waals surface area (Å²) in [6, 6.07) is 10.2. The Bertz CT molecular complexity index is 579. The van der Waals surface area contributed by atoms with Gasteiger partial charge in [0.1, 0.15) is 0 Å². The molecule has 0 amide bonds. The van der Waals surface area contributed by atoms with Crippen molar-refractivity contribution in [3.63, 3.8) is 0 Å². The number of unbranched alkanes of at least 4 members (excludes halogenated alkanes) is 1. The van der Waals surface area contributed by atoms with Crippen LogP contribution in [0, 0.1) is 12.8 Å². The first-order chi connectivity index (χ1) is 10.1. The summed E-state index contributed by atoms with van der Waals surface area (Å²) in [5, 5.41) is 11.6. The fourth-order valence-corrected chi connectivity index (χ4v) is 2.89. The first kappa shape index (κ1) is 16.0. The van der Waals surface area contributed by atoms with Gasteiger partial charge in [-0.25, -0.2) is 0 Å². The third-order valence-electron chi connectivity index (χ3n) is 4.34. The monoisotopic (exact) mass is 285 g/mol. The molecule has 0 bridgehead atoms. The summed E-state index contributed by atoms with van der Waals surface area (Å²) in [6.45, 7) is 6.45. The van der Waals surface area contributed by atoms with Crippen LogP contribution in [-0.2, 0) is 0 Å². The number of aliphatic hydroxyl groups excluding tert-OH is 1. The third kappa shape index (κ3) is 4.28. The topological polar surface area (TPSA) is 33.1 Å². The quantitative estimate of drug-likeness (QED) is 0.760. The molecule has 2 aromatic rings. The number of aliphatic hydroxyl groups is 1. The molecular formula is C19H27NO. The van der Waals surface area contributed by atoms with Crippen molar-refractivity contribution in [3.05, 3.63) is 41.6 Å². The highest BCUT2D eigenvalue weighted by Crippen LogP contribution is 2.28. The Morgan fingerprint density at radius 2 is 1.95 bits per heavy atom. The van der Waals surface area contributed by atoms with Crippen LogP contribution in [0.3, 0.4) is 0 Å². The van der Waals surface area contributed by atoms with Gasteiger partial charge in [-0.1, -0.05) is 51.7 Å². The van der Waals surface area contributed by atoms with Crippen LogP contribution >= 0.6 is 0 Å². The van der Waals surface area contributed by atoms with E-state index >= 15 is 0 Å². The van der Waals surface area contributed by atoms with Crippen molar-refractivity contribution in [2.24, 2.45) is 5.92 Å². The number of benzene rings is 1. The highest BCUT2D eigenvalue weighted by atomic mass is 16.3. The van der Waals surface area contributed by atoms with Gasteiger partial charge in [-0.05, 0) is 43.0 Å². The molecule has 1 aromatic heterocycles. The molecule has 2 rings (SSSR count). The Hall–Kier alpha value is -1.41. The molecule has 0 radical (unpaired) electrons. The first-order valence-corrected chi connectivity index (χ1v) is 8.19. The third-order valence-corrected chi connectivity index (χ3v) is 4.34. The maximum atomic E-state index is 10.5. The summed E-state index contributed by atoms with van der Waals surface area (Å²) in [7, 11) is 0. The molecule has 0 saturated carbocycles. The van der Waals surface area contributed by atoms with Crippen LogP contribution in [0.15, 0.2) is 30.3 Å². The highest BCUT2D eigenvalue weighted by Gasteiger charge is 2.15. The van der Waals surface area contributed by atoms with Crippen molar-refractivity contribution in [1.82, 2.24) is 4.98 Å². The van der Waals surface area contributed by atoms with E-state index in [9.17, 15) is 5.11 Å². The minimum absolute atomic E-state index is 0.363. The summed E-state index contributed by atoms with van der Waals surface area (Å²) in [4.78, 5) is 4.51. The summed E-state index contributed by atoms with van der Waals surface area (Å²) in [5.74, 6) is 0.617. The maximum absolute atomic E-state index is 10.5. The molecule has 2 nitrogen and oxygen atoms in total. The first-order valence-electron chi connectivity index (χ1n) is 8.19. The number of hydrogen-bond acceptors (Lipinski definition) is 2. The number of aryl methyl sites for hydroxylation is 1. The lowest BCUT2D eigenvalue weighted by Gasteiger charge is -2.19. The van der Waals surface area contributed by atoms with Crippen molar-refractivity contribution < 1.29 is 5.11 Å². The zero-order chi connectivity index (χ0) is 15.2. The van der Waals surface area contributed by atoms with Gasteiger partial charge in [0.05, 0.1) is 11.6 Å². The number of nitrogens with zero attached hydrogens (tertiary/aromatic N) is 1. The van der Waals surface area contributed by atoms with Gasteiger partial charge < -0.3 is 5.11 Å². The predicted molar refractivity (Wildman–Crippen MR) is 89.4 cm³/mol. The second kappa shape index (κ2) is 7.56. The van der Waals surface area contributed by atoms with E-state index in [1.54, 1.807) is 0 Å². The van der Waals surface area contributed by atoms with Crippen molar-refractivity contribution in [1.29, 1.82) is 0 Å². The zero-order valence-corrected chi connectivity index (χ0v) is 13.5. The standard InChI is InChI=1S/C19H27NO/c1-4-6-7-15(5-2)12-19(21)17-10-11-18-16(13-17)9-8-14(3)20-18/h8-11,13,15,19,21H,4-7,12H2,1-3H3. The van der Waals surface area contributed by atoms with Gasteiger partial charge in [-0.15, -0.1) is 0 Å². The summed E-state index contributed by atoms with van der Waals surface area (Å²) >= 11 is 0. The van der Waals surface area contributed by atoms with E-state index in [-0.39, 0.29) is 6.10 Å². The molecule has 114 valence electrons. The van der Waals surface area contributed by atoms with Gasteiger partial charge >= 0.3 is 0 Å². The van der Waals surface area contributed by atoms with Gasteiger partial charge in [0.25, 0.3) is 0 Å². The molecule has 1 N–H and O–H groups in total. The Labute approximate surface area is 128 Å². The van der Waals surface area contributed by atoms with Crippen LogP contribution in [0.4, 0.5) is 0 Å². The number of pyridine rings is 1. The van der Waals surface area contributed by atoms with E-state index in [2.05, 4.69) is 31.0 Å². The van der Waals surface area contributed by atoms with Crippen LogP contribution < -0.4 is 0 Å². The number of rotatable bonds is 7. The Kier molecular flexibility index (Phi) is 5.75. The molecule has 0 saturated heterocycles. The molecule has 0 spiro atoms. The van der Waals surface area contributed by atoms with E-state index in [0.717, 1.165) is 35.0 Å². The molecule has 0 aliphatic rings. The summed E-state index contributed by atoms with van der Waals surface area (Å²) in [6.07, 6.45) is 5.35. The number of hydrogen-bond donors (Lipinski definition) is 1. The van der Waals surface area contributed by atoms with Crippen LogP contribution in [-0.4, -0.2) is 10.1 Å². The Morgan fingerprint density at radius 3 is 2.67 bits per heavy atom. The fraction of sp³-hybridized carbons (Fsp3) is 0.526. The molecule has 2 unspecified atom stereocenters. The van der Waals surface area contributed by atoms with E-state index in [0.29, 0.717) is 5.92 Å². The van der Waals surface area contributed by atoms with E-state index < -0.39 is 0 Å². The van der Waals surface area contributed by atoms with Gasteiger partial charge in [-0.2, -0.15) is 0 Å². The van der Waals surface area contributed by atoms with Crippen LogP contribution in [0.5, 0.6) is 0 Å². The molecule has 1 aromatic carbocycles. The largest absolute Gasteiger partial charge is 0.388 e. The Morgan fingerprint density at radius 1 is 1.14 bits per heavy atom. The van der Waals surface area contributed by atoms with Crippen LogP contribution in [0.1, 0.15) is 63.3 Å². The second-order valence-electron chi connectivity index (χ2n) is 6.07. The molecule has 21 heavy (non-hydrogen) atoms. The van der Waals surface area contributed by atoms with Gasteiger partial charge in [0.2, 0.25) is 0 Å². The average Bonchev–Trinajstić information content (AvgIpc) is 2.50. The van der Waals surface area contributed by atoms with Gasteiger partial charge in [0, 0.05) is 11.1 Å². The molecular weight excluding hydrogens is 258 g/mol. The summed E-state index contributed by atoms with van der Waals surface area (Å²) in [5.41, 5.74) is 3.05. The van der Waals surface area contributed by atoms with Crippen molar-refractivity contribution in [3.8, 4) is 0 Å². The van der Waals surface area contributed by atoms with E-state index in [1.807, 2.05) is 25.1 Å². The predicted octanol–water partition coefficient (Wildman–Crippen LogP) is 5.18. The molecule has 0 fully saturated rings. The van der Waals surface area contributed by atoms with Gasteiger partial charge in [0.15, 0.2) is 0 Å². The van der Waals surface area contributed by atoms with Crippen molar-refractivity contribution >= 4 is 10.9 Å². The SMILES string of the molecule is CCCCC(CC)CC(O)c1ccc2nc(C)ccc2c1. The molecule has 0 aliphatic heterocycles. The smallest absolute Gasteiger partial charge is 0.0792 e. The van der Waals surface area contributed by atoms with Crippen molar-refractivity contribution in [2.75, 3.05) is 0 Å². The fourth-order valence-electron chi connectivity index (χ4n) is 2.89. The molecule has 1 heterocycles. The van der Waals surface area contributed by atoms with Crippen molar-refractivity contribution in [2.45, 2.75) is 59.0 Å². The maximum Gasteiger partial charge on any atom is 0.0792 e.